The number of benzene rings is 1. The van der Waals surface area contributed by atoms with Crippen molar-refractivity contribution in [3.05, 3.63) is 23.8 Å². The molecule has 0 spiro atoms. The van der Waals surface area contributed by atoms with Crippen LogP contribution in [0.2, 0.25) is 0 Å². The van der Waals surface area contributed by atoms with Crippen LogP contribution in [0.5, 0.6) is 0 Å². The van der Waals surface area contributed by atoms with Crippen molar-refractivity contribution < 1.29 is 14.7 Å². The highest BCUT2D eigenvalue weighted by Gasteiger charge is 2.35. The monoisotopic (exact) mass is 306 g/mol. The molecule has 0 unspecified atom stereocenters. The predicted molar refractivity (Wildman–Crippen MR) is 78.1 cm³/mol. The Morgan fingerprint density at radius 1 is 1.48 bits per heavy atom. The van der Waals surface area contributed by atoms with E-state index in [0.29, 0.717) is 29.3 Å². The van der Waals surface area contributed by atoms with Gasteiger partial charge >= 0.3 is 5.97 Å². The Kier molecular flexibility index (Phi) is 3.54. The topological polar surface area (TPSA) is 88.3 Å². The second-order valence-electron chi connectivity index (χ2n) is 4.74. The number of carbonyl (C=O) groups is 2. The first kappa shape index (κ1) is 13.9. The minimum Gasteiger partial charge on any atom is -0.480 e. The van der Waals surface area contributed by atoms with Gasteiger partial charge in [-0.05, 0) is 25.1 Å². The van der Waals surface area contributed by atoms with Crippen molar-refractivity contribution in [2.24, 2.45) is 0 Å². The SMILES string of the molecule is CCn1nnc2cc(C(=O)N3CSC[C@H]3C(=O)O)ccc21. The molecular weight excluding hydrogens is 292 g/mol. The highest BCUT2D eigenvalue weighted by atomic mass is 32.2. The fourth-order valence-corrected chi connectivity index (χ4v) is 3.50. The molecule has 1 atom stereocenters. The van der Waals surface area contributed by atoms with Gasteiger partial charge in [0.25, 0.3) is 5.91 Å². The summed E-state index contributed by atoms with van der Waals surface area (Å²) in [5.41, 5.74) is 1.94. The van der Waals surface area contributed by atoms with Gasteiger partial charge in [-0.2, -0.15) is 0 Å². The Labute approximate surface area is 124 Å². The molecule has 0 bridgehead atoms. The average molecular weight is 306 g/mol. The molecule has 21 heavy (non-hydrogen) atoms. The molecule has 0 saturated carbocycles. The van der Waals surface area contributed by atoms with Gasteiger partial charge in [0.1, 0.15) is 11.6 Å². The number of nitrogens with zero attached hydrogens (tertiary/aromatic N) is 4. The lowest BCUT2D eigenvalue weighted by Gasteiger charge is -2.20. The van der Waals surface area contributed by atoms with E-state index in [2.05, 4.69) is 10.3 Å². The van der Waals surface area contributed by atoms with Gasteiger partial charge < -0.3 is 10.0 Å². The third kappa shape index (κ3) is 2.35. The number of aliphatic carboxylic acids is 1. The molecule has 1 aliphatic heterocycles. The number of carboxylic acid groups (broad SMARTS) is 1. The quantitative estimate of drug-likeness (QED) is 0.912. The maximum atomic E-state index is 12.5. The molecule has 1 saturated heterocycles. The molecule has 0 radical (unpaired) electrons. The Morgan fingerprint density at radius 3 is 3.00 bits per heavy atom. The highest BCUT2D eigenvalue weighted by Crippen LogP contribution is 2.24. The lowest BCUT2D eigenvalue weighted by Crippen LogP contribution is -2.41. The van der Waals surface area contributed by atoms with Crippen molar-refractivity contribution in [2.75, 3.05) is 11.6 Å². The zero-order chi connectivity index (χ0) is 15.0. The number of carboxylic acids is 1. The standard InChI is InChI=1S/C13H14N4O3S/c1-2-17-10-4-3-8(5-9(10)14-15-17)12(18)16-7-21-6-11(16)13(19)20/h3-5,11H,2,6-7H2,1H3,(H,19,20)/t11-/m0/s1. The minimum atomic E-state index is -0.966. The largest absolute Gasteiger partial charge is 0.480 e. The number of aryl methyl sites for hydroxylation is 1. The van der Waals surface area contributed by atoms with Crippen LogP contribution in [0.25, 0.3) is 11.0 Å². The van der Waals surface area contributed by atoms with Crippen LogP contribution in [0.4, 0.5) is 0 Å². The van der Waals surface area contributed by atoms with Crippen LogP contribution in [0, 0.1) is 0 Å². The van der Waals surface area contributed by atoms with Gasteiger partial charge in [-0.15, -0.1) is 16.9 Å². The Balaban J connectivity index is 1.93. The molecular formula is C13H14N4O3S. The number of thioether (sulfide) groups is 1. The fourth-order valence-electron chi connectivity index (χ4n) is 2.35. The Hall–Kier alpha value is -2.09. The van der Waals surface area contributed by atoms with E-state index in [4.69, 9.17) is 5.11 Å². The van der Waals surface area contributed by atoms with Crippen LogP contribution < -0.4 is 0 Å². The van der Waals surface area contributed by atoms with Gasteiger partial charge in [0.05, 0.1) is 11.4 Å². The number of rotatable bonds is 3. The summed E-state index contributed by atoms with van der Waals surface area (Å²) in [6.07, 6.45) is 0. The van der Waals surface area contributed by atoms with E-state index < -0.39 is 12.0 Å². The maximum absolute atomic E-state index is 12.5. The van der Waals surface area contributed by atoms with E-state index in [-0.39, 0.29) is 5.91 Å². The third-order valence-corrected chi connectivity index (χ3v) is 4.50. The van der Waals surface area contributed by atoms with Crippen LogP contribution in [-0.2, 0) is 11.3 Å². The van der Waals surface area contributed by atoms with Crippen molar-refractivity contribution >= 4 is 34.7 Å². The van der Waals surface area contributed by atoms with E-state index in [1.165, 1.54) is 16.7 Å². The fraction of sp³-hybridized carbons (Fsp3) is 0.385. The van der Waals surface area contributed by atoms with Crippen LogP contribution in [-0.4, -0.2) is 54.5 Å². The van der Waals surface area contributed by atoms with Crippen molar-refractivity contribution in [3.8, 4) is 0 Å². The Morgan fingerprint density at radius 2 is 2.29 bits per heavy atom. The molecule has 110 valence electrons. The molecule has 1 amide bonds. The van der Waals surface area contributed by atoms with E-state index in [1.807, 2.05) is 6.92 Å². The van der Waals surface area contributed by atoms with Crippen LogP contribution in [0.15, 0.2) is 18.2 Å². The lowest BCUT2D eigenvalue weighted by atomic mass is 10.1. The van der Waals surface area contributed by atoms with Crippen molar-refractivity contribution in [2.45, 2.75) is 19.5 Å². The summed E-state index contributed by atoms with van der Waals surface area (Å²) in [6.45, 7) is 2.67. The summed E-state index contributed by atoms with van der Waals surface area (Å²) in [7, 11) is 0. The molecule has 3 rings (SSSR count). The summed E-state index contributed by atoms with van der Waals surface area (Å²) in [4.78, 5) is 25.0. The minimum absolute atomic E-state index is 0.277. The summed E-state index contributed by atoms with van der Waals surface area (Å²) in [5, 5.41) is 17.2. The normalized spacial score (nSPS) is 18.3. The van der Waals surface area contributed by atoms with Gasteiger partial charge in [0, 0.05) is 17.9 Å². The Bertz CT molecular complexity index is 715. The van der Waals surface area contributed by atoms with E-state index in [0.717, 1.165) is 5.52 Å². The van der Waals surface area contributed by atoms with Gasteiger partial charge in [0.2, 0.25) is 0 Å². The average Bonchev–Trinajstić information content (AvgIpc) is 3.12. The second kappa shape index (κ2) is 5.36. The van der Waals surface area contributed by atoms with Crippen molar-refractivity contribution in [1.29, 1.82) is 0 Å². The molecule has 2 aromatic rings. The molecule has 1 aromatic heterocycles. The zero-order valence-electron chi connectivity index (χ0n) is 11.4. The molecule has 2 heterocycles. The van der Waals surface area contributed by atoms with Crippen LogP contribution >= 0.6 is 11.8 Å². The van der Waals surface area contributed by atoms with Crippen LogP contribution in [0.3, 0.4) is 0 Å². The molecule has 1 aliphatic rings. The second-order valence-corrected chi connectivity index (χ2v) is 5.74. The first-order valence-electron chi connectivity index (χ1n) is 6.56. The van der Waals surface area contributed by atoms with E-state index >= 15 is 0 Å². The number of hydrogen-bond acceptors (Lipinski definition) is 5. The molecule has 1 fully saturated rings. The third-order valence-electron chi connectivity index (χ3n) is 3.49. The molecule has 7 nitrogen and oxygen atoms in total. The number of amides is 1. The summed E-state index contributed by atoms with van der Waals surface area (Å²) >= 11 is 1.45. The van der Waals surface area contributed by atoms with Gasteiger partial charge in [-0.1, -0.05) is 5.21 Å². The molecule has 1 aromatic carbocycles. The summed E-state index contributed by atoms with van der Waals surface area (Å²) < 4.78 is 1.75. The zero-order valence-corrected chi connectivity index (χ0v) is 12.2. The van der Waals surface area contributed by atoms with Gasteiger partial charge in [-0.3, -0.25) is 4.79 Å². The van der Waals surface area contributed by atoms with Crippen LogP contribution in [0.1, 0.15) is 17.3 Å². The van der Waals surface area contributed by atoms with E-state index in [9.17, 15) is 9.59 Å². The molecule has 1 N–H and O–H groups in total. The first-order valence-corrected chi connectivity index (χ1v) is 7.72. The smallest absolute Gasteiger partial charge is 0.327 e. The predicted octanol–water partition coefficient (Wildman–Crippen LogP) is 1.05. The van der Waals surface area contributed by atoms with E-state index in [1.54, 1.807) is 22.9 Å². The van der Waals surface area contributed by atoms with Crippen molar-refractivity contribution in [3.63, 3.8) is 0 Å². The summed E-state index contributed by atoms with van der Waals surface area (Å²) in [6, 6.07) is 4.40. The van der Waals surface area contributed by atoms with Gasteiger partial charge in [0.15, 0.2) is 0 Å². The number of hydrogen-bond donors (Lipinski definition) is 1. The first-order chi connectivity index (χ1) is 10.1. The van der Waals surface area contributed by atoms with Gasteiger partial charge in [-0.25, -0.2) is 9.48 Å². The molecule has 0 aliphatic carbocycles. The number of aromatic nitrogens is 3. The number of carbonyl (C=O) groups excluding carboxylic acids is 1. The highest BCUT2D eigenvalue weighted by molar-refractivity contribution is 7.99. The van der Waals surface area contributed by atoms with Crippen molar-refractivity contribution in [1.82, 2.24) is 19.9 Å². The maximum Gasteiger partial charge on any atom is 0.327 e. The molecule has 8 heteroatoms. The summed E-state index contributed by atoms with van der Waals surface area (Å²) in [5.74, 6) is -0.420. The lowest BCUT2D eigenvalue weighted by molar-refractivity contribution is -0.140. The number of fused-ring (bicyclic) bond motifs is 1.